The molecule has 6 nitrogen and oxygen atoms in total. The third-order valence-electron chi connectivity index (χ3n) is 3.36. The first-order valence-electron chi connectivity index (χ1n) is 7.21. The van der Waals surface area contributed by atoms with Crippen LogP contribution >= 0.6 is 23.2 Å². The zero-order valence-corrected chi connectivity index (χ0v) is 15.1. The van der Waals surface area contributed by atoms with Crippen LogP contribution in [-0.4, -0.2) is 29.5 Å². The molecule has 1 aromatic carbocycles. The summed E-state index contributed by atoms with van der Waals surface area (Å²) >= 11 is 11.9. The zero-order chi connectivity index (χ0) is 18.0. The average molecular weight is 398 g/mol. The van der Waals surface area contributed by atoms with Gasteiger partial charge in [-0.2, -0.15) is 0 Å². The number of para-hydroxylation sites is 1. The second-order valence-corrected chi connectivity index (χ2v) is 8.25. The van der Waals surface area contributed by atoms with E-state index in [1.54, 1.807) is 47.1 Å². The van der Waals surface area contributed by atoms with Gasteiger partial charge in [0.1, 0.15) is 11.4 Å². The summed E-state index contributed by atoms with van der Waals surface area (Å²) in [5, 5.41) is 2.91. The van der Waals surface area contributed by atoms with Gasteiger partial charge in [0.05, 0.1) is 27.2 Å². The molecule has 0 atom stereocenters. The summed E-state index contributed by atoms with van der Waals surface area (Å²) in [4.78, 5) is 16.3. The molecule has 2 aromatic heterocycles. The molecule has 0 spiro atoms. The molecule has 1 amide bonds. The predicted molar refractivity (Wildman–Crippen MR) is 97.8 cm³/mol. The van der Waals surface area contributed by atoms with Gasteiger partial charge in [0.2, 0.25) is 5.91 Å². The number of carbonyl (C=O) groups is 1. The van der Waals surface area contributed by atoms with E-state index < -0.39 is 21.5 Å². The highest BCUT2D eigenvalue weighted by atomic mass is 35.5. The Morgan fingerprint density at radius 3 is 2.52 bits per heavy atom. The van der Waals surface area contributed by atoms with Gasteiger partial charge in [-0.15, -0.1) is 0 Å². The molecule has 0 fully saturated rings. The Labute approximate surface area is 154 Å². The molecule has 0 aliphatic rings. The molecule has 3 aromatic rings. The van der Waals surface area contributed by atoms with Crippen molar-refractivity contribution in [2.75, 3.05) is 11.1 Å². The number of sulfone groups is 1. The molecule has 3 rings (SSSR count). The number of amides is 1. The molecule has 0 unspecified atom stereocenters. The number of anilines is 1. The van der Waals surface area contributed by atoms with Gasteiger partial charge < -0.3 is 9.72 Å². The lowest BCUT2D eigenvalue weighted by atomic mass is 10.3. The predicted octanol–water partition coefficient (Wildman–Crippen LogP) is 3.19. The molecule has 9 heteroatoms. The topological polar surface area (TPSA) is 80.5 Å². The Bertz CT molecular complexity index is 994. The fourth-order valence-corrected chi connectivity index (χ4v) is 3.98. The van der Waals surface area contributed by atoms with E-state index in [1.165, 1.54) is 0 Å². The maximum Gasteiger partial charge on any atom is 0.239 e. The van der Waals surface area contributed by atoms with Gasteiger partial charge in [0.15, 0.2) is 9.84 Å². The van der Waals surface area contributed by atoms with E-state index in [1.807, 2.05) is 6.07 Å². The van der Waals surface area contributed by atoms with Gasteiger partial charge in [-0.3, -0.25) is 4.79 Å². The molecule has 2 heterocycles. The van der Waals surface area contributed by atoms with E-state index in [9.17, 15) is 13.2 Å². The minimum absolute atomic E-state index is 0.193. The van der Waals surface area contributed by atoms with Crippen LogP contribution in [0.2, 0.25) is 10.0 Å². The van der Waals surface area contributed by atoms with Crippen LogP contribution < -0.4 is 5.32 Å². The van der Waals surface area contributed by atoms with Crippen LogP contribution in [0.5, 0.6) is 0 Å². The average Bonchev–Trinajstić information content (AvgIpc) is 2.91. The number of hydrogen-bond acceptors (Lipinski definition) is 4. The highest BCUT2D eigenvalue weighted by Crippen LogP contribution is 2.29. The third kappa shape index (κ3) is 4.31. The summed E-state index contributed by atoms with van der Waals surface area (Å²) in [5.74, 6) is -1.74. The van der Waals surface area contributed by atoms with Crippen molar-refractivity contribution >= 4 is 50.3 Å². The second kappa shape index (κ2) is 7.03. The minimum atomic E-state index is -3.70. The molecule has 0 bridgehead atoms. The standard InChI is InChI=1S/C16H13Cl2N3O3S/c17-12-4-3-5-13(18)16(12)20-15(22)10-25(23,24)9-11-8-21-7-2-1-6-14(21)19-11/h1-8H,9-10H2,(H,20,22). The molecule has 25 heavy (non-hydrogen) atoms. The number of pyridine rings is 1. The van der Waals surface area contributed by atoms with Crippen LogP contribution in [0.25, 0.3) is 5.65 Å². The number of imidazole rings is 1. The van der Waals surface area contributed by atoms with E-state index in [2.05, 4.69) is 10.3 Å². The van der Waals surface area contributed by atoms with Crippen LogP contribution in [0.15, 0.2) is 48.8 Å². The van der Waals surface area contributed by atoms with Gasteiger partial charge in [0, 0.05) is 12.4 Å². The number of nitrogens with zero attached hydrogens (tertiary/aromatic N) is 2. The fraction of sp³-hybridized carbons (Fsp3) is 0.125. The van der Waals surface area contributed by atoms with Crippen molar-refractivity contribution in [3.63, 3.8) is 0 Å². The third-order valence-corrected chi connectivity index (χ3v) is 5.43. The SMILES string of the molecule is O=C(CS(=O)(=O)Cc1cn2ccccc2n1)Nc1c(Cl)cccc1Cl. The van der Waals surface area contributed by atoms with Crippen molar-refractivity contribution < 1.29 is 13.2 Å². The number of benzene rings is 1. The molecule has 0 aliphatic heterocycles. The number of nitrogens with one attached hydrogen (secondary N) is 1. The monoisotopic (exact) mass is 397 g/mol. The summed E-state index contributed by atoms with van der Waals surface area (Å²) in [6.07, 6.45) is 3.39. The molecule has 0 radical (unpaired) electrons. The van der Waals surface area contributed by atoms with Crippen molar-refractivity contribution in [3.8, 4) is 0 Å². The highest BCUT2D eigenvalue weighted by Gasteiger charge is 2.20. The van der Waals surface area contributed by atoms with E-state index in [-0.39, 0.29) is 21.5 Å². The van der Waals surface area contributed by atoms with Crippen molar-refractivity contribution in [2.24, 2.45) is 0 Å². The van der Waals surface area contributed by atoms with Gasteiger partial charge in [-0.1, -0.05) is 35.3 Å². The van der Waals surface area contributed by atoms with E-state index in [0.29, 0.717) is 11.3 Å². The van der Waals surface area contributed by atoms with Crippen LogP contribution in [0.1, 0.15) is 5.69 Å². The molecule has 1 N–H and O–H groups in total. The Hall–Kier alpha value is -2.09. The molecule has 0 saturated carbocycles. The van der Waals surface area contributed by atoms with E-state index >= 15 is 0 Å². The molecular weight excluding hydrogens is 385 g/mol. The van der Waals surface area contributed by atoms with Gasteiger partial charge in [0.25, 0.3) is 0 Å². The summed E-state index contributed by atoms with van der Waals surface area (Å²) in [7, 11) is -3.70. The summed E-state index contributed by atoms with van der Waals surface area (Å²) in [5.41, 5.74) is 1.20. The first kappa shape index (κ1) is 17.7. The molecule has 0 aliphatic carbocycles. The maximum atomic E-state index is 12.3. The lowest BCUT2D eigenvalue weighted by molar-refractivity contribution is -0.113. The molecular formula is C16H13Cl2N3O3S. The molecule has 130 valence electrons. The van der Waals surface area contributed by atoms with Crippen molar-refractivity contribution in [1.82, 2.24) is 9.38 Å². The van der Waals surface area contributed by atoms with Crippen molar-refractivity contribution in [1.29, 1.82) is 0 Å². The number of hydrogen-bond donors (Lipinski definition) is 1. The Balaban J connectivity index is 1.71. The zero-order valence-electron chi connectivity index (χ0n) is 12.8. The first-order valence-corrected chi connectivity index (χ1v) is 9.79. The van der Waals surface area contributed by atoms with Crippen LogP contribution in [0, 0.1) is 0 Å². The lowest BCUT2D eigenvalue weighted by Crippen LogP contribution is -2.24. The first-order chi connectivity index (χ1) is 11.8. The molecule has 0 saturated heterocycles. The Morgan fingerprint density at radius 2 is 1.84 bits per heavy atom. The number of halogens is 2. The summed E-state index contributed by atoms with van der Waals surface area (Å²) < 4.78 is 26.3. The lowest BCUT2D eigenvalue weighted by Gasteiger charge is -2.09. The van der Waals surface area contributed by atoms with Gasteiger partial charge in [-0.05, 0) is 24.3 Å². The van der Waals surface area contributed by atoms with Crippen molar-refractivity contribution in [2.45, 2.75) is 5.75 Å². The van der Waals surface area contributed by atoms with Crippen molar-refractivity contribution in [3.05, 3.63) is 64.5 Å². The largest absolute Gasteiger partial charge is 0.323 e. The van der Waals surface area contributed by atoms with Crippen LogP contribution in [0.3, 0.4) is 0 Å². The van der Waals surface area contributed by atoms with Crippen LogP contribution in [-0.2, 0) is 20.4 Å². The number of fused-ring (bicyclic) bond motifs is 1. The Kier molecular flexibility index (Phi) is 4.99. The smallest absolute Gasteiger partial charge is 0.239 e. The fourth-order valence-electron chi connectivity index (χ4n) is 2.33. The Morgan fingerprint density at radius 1 is 1.12 bits per heavy atom. The number of aromatic nitrogens is 2. The normalized spacial score (nSPS) is 11.6. The van der Waals surface area contributed by atoms with Gasteiger partial charge >= 0.3 is 0 Å². The highest BCUT2D eigenvalue weighted by molar-refractivity contribution is 7.91. The number of carbonyl (C=O) groups excluding carboxylic acids is 1. The number of rotatable bonds is 5. The maximum absolute atomic E-state index is 12.3. The summed E-state index contributed by atoms with van der Waals surface area (Å²) in [6, 6.07) is 10.1. The van der Waals surface area contributed by atoms with E-state index in [4.69, 9.17) is 23.2 Å². The quantitative estimate of drug-likeness (QED) is 0.716. The second-order valence-electron chi connectivity index (χ2n) is 5.38. The van der Waals surface area contributed by atoms with Gasteiger partial charge in [-0.25, -0.2) is 13.4 Å². The minimum Gasteiger partial charge on any atom is -0.323 e. The van der Waals surface area contributed by atoms with E-state index in [0.717, 1.165) is 0 Å². The van der Waals surface area contributed by atoms with Crippen LogP contribution in [0.4, 0.5) is 5.69 Å². The summed E-state index contributed by atoms with van der Waals surface area (Å²) in [6.45, 7) is 0.